The summed E-state index contributed by atoms with van der Waals surface area (Å²) >= 11 is 0. The number of hydrogen-bond donors (Lipinski definition) is 1. The summed E-state index contributed by atoms with van der Waals surface area (Å²) in [5.74, 6) is -1.60. The highest BCUT2D eigenvalue weighted by Crippen LogP contribution is 2.42. The van der Waals surface area contributed by atoms with Crippen LogP contribution in [-0.4, -0.2) is 77.9 Å². The van der Waals surface area contributed by atoms with Crippen LogP contribution in [0, 0.1) is 18.8 Å². The van der Waals surface area contributed by atoms with E-state index in [-0.39, 0.29) is 61.4 Å². The monoisotopic (exact) mass is 642 g/mol. The predicted octanol–water partition coefficient (Wildman–Crippen LogP) is 3.88. The van der Waals surface area contributed by atoms with E-state index in [1.54, 1.807) is 42.2 Å². The van der Waals surface area contributed by atoms with Crippen molar-refractivity contribution in [1.82, 2.24) is 20.3 Å². The van der Waals surface area contributed by atoms with E-state index < -0.39 is 17.9 Å². The van der Waals surface area contributed by atoms with Crippen molar-refractivity contribution in [1.29, 1.82) is 0 Å². The lowest BCUT2D eigenvalue weighted by Gasteiger charge is -2.42. The summed E-state index contributed by atoms with van der Waals surface area (Å²) in [5.41, 5.74) is 2.70. The van der Waals surface area contributed by atoms with E-state index in [4.69, 9.17) is 14.0 Å². The Bertz CT molecular complexity index is 1660. The summed E-state index contributed by atoms with van der Waals surface area (Å²) in [6, 6.07) is 13.5. The van der Waals surface area contributed by atoms with Gasteiger partial charge >= 0.3 is 5.97 Å². The number of esters is 1. The molecule has 1 aromatic heterocycles. The predicted molar refractivity (Wildman–Crippen MR) is 168 cm³/mol. The molecule has 1 N–H and O–H groups in total. The number of nitrogens with zero attached hydrogens (tertiary/aromatic N) is 3. The molecule has 3 aliphatic rings. The van der Waals surface area contributed by atoms with Gasteiger partial charge in [-0.1, -0.05) is 42.3 Å². The first-order valence-electron chi connectivity index (χ1n) is 16.1. The van der Waals surface area contributed by atoms with E-state index in [1.165, 1.54) is 12.0 Å². The van der Waals surface area contributed by atoms with Gasteiger partial charge in [-0.05, 0) is 56.4 Å². The number of carbonyl (C=O) groups is 5. The number of rotatable bonds is 10. The Balaban J connectivity index is 1.25. The lowest BCUT2D eigenvalue weighted by atomic mass is 9.77. The third kappa shape index (κ3) is 6.36. The Hall–Kier alpha value is -5.00. The van der Waals surface area contributed by atoms with Gasteiger partial charge in [-0.25, -0.2) is 0 Å². The van der Waals surface area contributed by atoms with E-state index in [0.29, 0.717) is 48.4 Å². The molecule has 4 amide bonds. The number of nitrogens with one attached hydrogen (secondary N) is 1. The van der Waals surface area contributed by atoms with Gasteiger partial charge in [0, 0.05) is 24.7 Å². The second kappa shape index (κ2) is 13.8. The highest BCUT2D eigenvalue weighted by molar-refractivity contribution is 6.21. The van der Waals surface area contributed by atoms with Gasteiger partial charge in [-0.15, -0.1) is 0 Å². The van der Waals surface area contributed by atoms with Crippen molar-refractivity contribution in [3.05, 3.63) is 82.2 Å². The van der Waals surface area contributed by atoms with Crippen molar-refractivity contribution >= 4 is 29.6 Å². The summed E-state index contributed by atoms with van der Waals surface area (Å²) in [5, 5.41) is 6.50. The smallest absolute Gasteiger partial charge is 0.309 e. The highest BCUT2D eigenvalue weighted by atomic mass is 16.5. The number of aryl methyl sites for hydroxylation is 1. The van der Waals surface area contributed by atoms with Gasteiger partial charge in [-0.2, -0.15) is 0 Å². The van der Waals surface area contributed by atoms with Crippen LogP contribution >= 0.6 is 0 Å². The van der Waals surface area contributed by atoms with Gasteiger partial charge in [0.2, 0.25) is 5.91 Å². The second-order valence-electron chi connectivity index (χ2n) is 12.2. The molecule has 12 nitrogen and oxygen atoms in total. The summed E-state index contributed by atoms with van der Waals surface area (Å²) in [6.45, 7) is 2.55. The molecule has 1 aliphatic carbocycles. The lowest BCUT2D eigenvalue weighted by molar-refractivity contribution is -0.156. The molecular formula is C35H38N4O8. The number of amides is 4. The topological polar surface area (TPSA) is 148 Å². The molecule has 3 heterocycles. The average Bonchev–Trinajstić information content (AvgIpc) is 3.64. The van der Waals surface area contributed by atoms with E-state index in [9.17, 15) is 24.0 Å². The summed E-state index contributed by atoms with van der Waals surface area (Å²) < 4.78 is 16.3. The molecule has 0 unspecified atom stereocenters. The molecule has 0 radical (unpaired) electrons. The molecular weight excluding hydrogens is 604 g/mol. The van der Waals surface area contributed by atoms with Gasteiger partial charge in [0.15, 0.2) is 5.69 Å². The van der Waals surface area contributed by atoms with E-state index in [1.807, 2.05) is 18.2 Å². The number of benzene rings is 2. The fraction of sp³-hybridized carbons (Fsp3) is 0.429. The third-order valence-corrected chi connectivity index (χ3v) is 9.37. The molecule has 6 rings (SSSR count). The number of ether oxygens (including phenoxy) is 2. The molecule has 2 aromatic carbocycles. The number of hydrogen-bond acceptors (Lipinski definition) is 9. The van der Waals surface area contributed by atoms with Crippen LogP contribution in [0.3, 0.4) is 0 Å². The van der Waals surface area contributed by atoms with Crippen LogP contribution in [0.25, 0.3) is 0 Å². The number of aromatic nitrogens is 1. The normalized spacial score (nSPS) is 20.4. The molecule has 1 fully saturated rings. The molecule has 0 spiro atoms. The molecule has 1 saturated carbocycles. The van der Waals surface area contributed by atoms with Gasteiger partial charge in [0.05, 0.1) is 42.7 Å². The van der Waals surface area contributed by atoms with Crippen LogP contribution in [0.2, 0.25) is 0 Å². The van der Waals surface area contributed by atoms with Crippen LogP contribution in [0.15, 0.2) is 53.1 Å². The Morgan fingerprint density at radius 2 is 1.72 bits per heavy atom. The maximum Gasteiger partial charge on any atom is 0.309 e. The molecule has 47 heavy (non-hydrogen) atoms. The Labute approximate surface area is 272 Å². The van der Waals surface area contributed by atoms with E-state index in [2.05, 4.69) is 10.5 Å². The van der Waals surface area contributed by atoms with Gasteiger partial charge in [-0.3, -0.25) is 28.9 Å². The molecule has 3 atom stereocenters. The van der Waals surface area contributed by atoms with E-state index >= 15 is 0 Å². The summed E-state index contributed by atoms with van der Waals surface area (Å²) in [4.78, 5) is 69.1. The molecule has 12 heteroatoms. The van der Waals surface area contributed by atoms with Crippen LogP contribution in [0.4, 0.5) is 0 Å². The third-order valence-electron chi connectivity index (χ3n) is 9.37. The first-order chi connectivity index (χ1) is 22.8. The van der Waals surface area contributed by atoms with Gasteiger partial charge < -0.3 is 24.2 Å². The van der Waals surface area contributed by atoms with Crippen LogP contribution in [-0.2, 0) is 20.7 Å². The number of carbonyl (C=O) groups excluding carboxylic acids is 5. The minimum atomic E-state index is -0.528. The van der Waals surface area contributed by atoms with Crippen molar-refractivity contribution in [3.8, 4) is 5.75 Å². The number of methoxy groups -OCH3 is 1. The summed E-state index contributed by atoms with van der Waals surface area (Å²) in [6.07, 6.45) is 3.70. The fourth-order valence-corrected chi connectivity index (χ4v) is 7.08. The fourth-order valence-electron chi connectivity index (χ4n) is 7.08. The quantitative estimate of drug-likeness (QED) is 0.198. The lowest BCUT2D eigenvalue weighted by Crippen LogP contribution is -2.48. The molecule has 0 bridgehead atoms. The molecule has 2 aliphatic heterocycles. The number of imide groups is 1. The standard InChI is InChI=1S/C35H38N4O8/c1-21-20-27(37-47-21)31(40)36-16-19-46-29-13-7-8-22-14-17-38(32(41)25-11-5-6-12-26(25)35(44)45-2)28(30(22)29)15-18-39-33(42)23-9-3-4-10-24(23)34(39)43/h3-4,7-10,13,20,25-26,28H,5-6,11-12,14-19H2,1-2H3,(H,36,40)/t25-,26+,28-/m1/s1. The zero-order valence-corrected chi connectivity index (χ0v) is 26.5. The van der Waals surface area contributed by atoms with Gasteiger partial charge in [0.25, 0.3) is 17.7 Å². The molecule has 246 valence electrons. The Morgan fingerprint density at radius 1 is 1.00 bits per heavy atom. The van der Waals surface area contributed by atoms with Crippen molar-refractivity contribution in [2.75, 3.05) is 33.4 Å². The van der Waals surface area contributed by atoms with Crippen molar-refractivity contribution < 1.29 is 38.0 Å². The van der Waals surface area contributed by atoms with E-state index in [0.717, 1.165) is 24.0 Å². The minimum absolute atomic E-state index is 0.0901. The second-order valence-corrected chi connectivity index (χ2v) is 12.2. The van der Waals surface area contributed by atoms with Crippen molar-refractivity contribution in [3.63, 3.8) is 0 Å². The SMILES string of the molecule is COC(=O)[C@H]1CCCC[C@H]1C(=O)N1CCc2cccc(OCCNC(=O)c3cc(C)on3)c2[C@H]1CCN1C(=O)c2ccccc2C1=O. The van der Waals surface area contributed by atoms with Crippen molar-refractivity contribution in [2.24, 2.45) is 11.8 Å². The van der Waals surface area contributed by atoms with Gasteiger partial charge in [0.1, 0.15) is 18.1 Å². The first-order valence-corrected chi connectivity index (χ1v) is 16.1. The summed E-state index contributed by atoms with van der Waals surface area (Å²) in [7, 11) is 1.35. The maximum absolute atomic E-state index is 14.4. The van der Waals surface area contributed by atoms with Crippen LogP contribution < -0.4 is 10.1 Å². The Morgan fingerprint density at radius 3 is 2.40 bits per heavy atom. The highest BCUT2D eigenvalue weighted by Gasteiger charge is 2.43. The molecule has 3 aromatic rings. The number of fused-ring (bicyclic) bond motifs is 2. The zero-order valence-electron chi connectivity index (χ0n) is 26.5. The minimum Gasteiger partial charge on any atom is -0.491 e. The van der Waals surface area contributed by atoms with Crippen molar-refractivity contribution in [2.45, 2.75) is 51.5 Å². The first kappa shape index (κ1) is 32.0. The molecule has 0 saturated heterocycles. The Kier molecular flexibility index (Phi) is 9.37. The maximum atomic E-state index is 14.4. The van der Waals surface area contributed by atoms with Crippen LogP contribution in [0.5, 0.6) is 5.75 Å². The van der Waals surface area contributed by atoms with Crippen LogP contribution in [0.1, 0.15) is 86.2 Å². The zero-order chi connectivity index (χ0) is 33.1. The largest absolute Gasteiger partial charge is 0.491 e. The average molecular weight is 643 g/mol.